The van der Waals surface area contributed by atoms with E-state index in [1.54, 1.807) is 12.2 Å². The first-order valence-electron chi connectivity index (χ1n) is 2.45. The molecule has 0 aromatic rings. The Kier molecular flexibility index (Phi) is 3.67. The lowest BCUT2D eigenvalue weighted by Crippen LogP contribution is -1.66. The number of aliphatic hydroxyl groups excluding tert-OH is 1. The van der Waals surface area contributed by atoms with E-state index in [0.29, 0.717) is 0 Å². The highest BCUT2D eigenvalue weighted by atomic mass is 16.3. The van der Waals surface area contributed by atoms with Gasteiger partial charge in [-0.1, -0.05) is 18.7 Å². The molecule has 0 heterocycles. The second-order valence-corrected chi connectivity index (χ2v) is 1.32. The van der Waals surface area contributed by atoms with Crippen LogP contribution in [0.5, 0.6) is 0 Å². The lowest BCUT2D eigenvalue weighted by atomic mass is 10.4. The van der Waals surface area contributed by atoms with E-state index in [4.69, 9.17) is 5.11 Å². The first-order valence-corrected chi connectivity index (χ1v) is 2.45. The van der Waals surface area contributed by atoms with Gasteiger partial charge in [0, 0.05) is 0 Å². The molecule has 8 heavy (non-hydrogen) atoms. The van der Waals surface area contributed by atoms with Crippen LogP contribution in [0.25, 0.3) is 0 Å². The molecule has 0 spiro atoms. The maximum Gasteiger partial charge on any atom is 0.114 e. The number of hydrogen-bond donors (Lipinski definition) is 1. The molecular formula is C7H10O. The van der Waals surface area contributed by atoms with Crippen LogP contribution in [0.1, 0.15) is 6.92 Å². The zero-order valence-electron chi connectivity index (χ0n) is 4.96. The van der Waals surface area contributed by atoms with Gasteiger partial charge in [0.1, 0.15) is 5.76 Å². The van der Waals surface area contributed by atoms with Crippen molar-refractivity contribution in [1.29, 1.82) is 0 Å². The second-order valence-electron chi connectivity index (χ2n) is 1.32. The van der Waals surface area contributed by atoms with Crippen LogP contribution in [0.15, 0.2) is 36.6 Å². The molecule has 0 aliphatic carbocycles. The smallest absolute Gasteiger partial charge is 0.114 e. The fourth-order valence-electron chi connectivity index (χ4n) is 0.263. The number of allylic oxidation sites excluding steroid dienone is 4. The summed E-state index contributed by atoms with van der Waals surface area (Å²) in [4.78, 5) is 0. The molecule has 0 aliphatic rings. The molecule has 0 aromatic heterocycles. The van der Waals surface area contributed by atoms with Gasteiger partial charge < -0.3 is 5.11 Å². The average molecular weight is 110 g/mol. The topological polar surface area (TPSA) is 20.2 Å². The van der Waals surface area contributed by atoms with Crippen molar-refractivity contribution >= 4 is 0 Å². The molecule has 0 fully saturated rings. The van der Waals surface area contributed by atoms with Gasteiger partial charge in [-0.25, -0.2) is 0 Å². The van der Waals surface area contributed by atoms with Crippen LogP contribution in [-0.4, -0.2) is 5.11 Å². The quantitative estimate of drug-likeness (QED) is 0.426. The van der Waals surface area contributed by atoms with Crippen LogP contribution in [0, 0.1) is 0 Å². The Morgan fingerprint density at radius 2 is 2.25 bits per heavy atom. The molecule has 1 heteroatoms. The van der Waals surface area contributed by atoms with Gasteiger partial charge in [0.2, 0.25) is 0 Å². The molecule has 1 nitrogen and oxygen atoms in total. The van der Waals surface area contributed by atoms with E-state index in [2.05, 4.69) is 6.58 Å². The van der Waals surface area contributed by atoms with Gasteiger partial charge in [-0.15, -0.1) is 0 Å². The Hall–Kier alpha value is -0.980. The number of rotatable bonds is 2. The lowest BCUT2D eigenvalue weighted by molar-refractivity contribution is 0.433. The van der Waals surface area contributed by atoms with Gasteiger partial charge in [0.15, 0.2) is 0 Å². The third-order valence-corrected chi connectivity index (χ3v) is 0.669. The molecule has 0 radical (unpaired) electrons. The summed E-state index contributed by atoms with van der Waals surface area (Å²) in [5, 5.41) is 8.68. The maximum absolute atomic E-state index is 8.68. The zero-order chi connectivity index (χ0) is 6.41. The molecule has 44 valence electrons. The minimum absolute atomic E-state index is 0.197. The van der Waals surface area contributed by atoms with Crippen LogP contribution in [0.3, 0.4) is 0 Å². The van der Waals surface area contributed by atoms with Crippen molar-refractivity contribution in [1.82, 2.24) is 0 Å². The third-order valence-electron chi connectivity index (χ3n) is 0.669. The summed E-state index contributed by atoms with van der Waals surface area (Å²) in [5.41, 5.74) is 0. The minimum atomic E-state index is 0.197. The van der Waals surface area contributed by atoms with Gasteiger partial charge in [-0.05, 0) is 19.1 Å². The predicted molar refractivity (Wildman–Crippen MR) is 35.7 cm³/mol. The molecule has 0 aliphatic heterocycles. The average Bonchev–Trinajstić information content (AvgIpc) is 1.83. The molecule has 0 aromatic carbocycles. The monoisotopic (exact) mass is 110 g/mol. The SMILES string of the molecule is C=CC(O)=CC=CC. The summed E-state index contributed by atoms with van der Waals surface area (Å²) in [6.07, 6.45) is 6.55. The van der Waals surface area contributed by atoms with Gasteiger partial charge in [-0.3, -0.25) is 0 Å². The Labute approximate surface area is 49.7 Å². The molecule has 0 saturated heterocycles. The van der Waals surface area contributed by atoms with Crippen LogP contribution in [0.2, 0.25) is 0 Å². The highest BCUT2D eigenvalue weighted by Crippen LogP contribution is 1.87. The van der Waals surface area contributed by atoms with E-state index >= 15 is 0 Å². The standard InChI is InChI=1S/C7H10O/c1-3-5-6-7(8)4-2/h3-6,8H,2H2,1H3. The van der Waals surface area contributed by atoms with Crippen molar-refractivity contribution in [2.45, 2.75) is 6.92 Å². The summed E-state index contributed by atoms with van der Waals surface area (Å²) in [6.45, 7) is 5.24. The molecule has 0 rings (SSSR count). The van der Waals surface area contributed by atoms with Gasteiger partial charge in [0.05, 0.1) is 0 Å². The molecule has 0 atom stereocenters. The second kappa shape index (κ2) is 4.19. The normalized spacial score (nSPS) is 12.4. The van der Waals surface area contributed by atoms with E-state index in [1.807, 2.05) is 13.0 Å². The predicted octanol–water partition coefficient (Wildman–Crippen LogP) is 2.19. The summed E-state index contributed by atoms with van der Waals surface area (Å²) < 4.78 is 0. The fraction of sp³-hybridized carbons (Fsp3) is 0.143. The first kappa shape index (κ1) is 7.02. The lowest BCUT2D eigenvalue weighted by Gasteiger charge is -1.81. The molecule has 0 amide bonds. The summed E-state index contributed by atoms with van der Waals surface area (Å²) >= 11 is 0. The van der Waals surface area contributed by atoms with Crippen molar-refractivity contribution in [3.63, 3.8) is 0 Å². The Balaban J connectivity index is 3.74. The van der Waals surface area contributed by atoms with Crippen molar-refractivity contribution in [3.05, 3.63) is 36.6 Å². The van der Waals surface area contributed by atoms with Crippen LogP contribution >= 0.6 is 0 Å². The van der Waals surface area contributed by atoms with E-state index in [9.17, 15) is 0 Å². The van der Waals surface area contributed by atoms with E-state index < -0.39 is 0 Å². The third kappa shape index (κ3) is 3.22. The van der Waals surface area contributed by atoms with Gasteiger partial charge in [-0.2, -0.15) is 0 Å². The Morgan fingerprint density at radius 3 is 2.62 bits per heavy atom. The molecule has 1 N–H and O–H groups in total. The van der Waals surface area contributed by atoms with Crippen molar-refractivity contribution in [2.24, 2.45) is 0 Å². The van der Waals surface area contributed by atoms with Gasteiger partial charge >= 0.3 is 0 Å². The van der Waals surface area contributed by atoms with Crippen LogP contribution < -0.4 is 0 Å². The fourth-order valence-corrected chi connectivity index (χ4v) is 0.263. The summed E-state index contributed by atoms with van der Waals surface area (Å²) in [5.74, 6) is 0.197. The highest BCUT2D eigenvalue weighted by molar-refractivity contribution is 5.14. The highest BCUT2D eigenvalue weighted by Gasteiger charge is 1.73. The van der Waals surface area contributed by atoms with E-state index in [-0.39, 0.29) is 5.76 Å². The number of aliphatic hydroxyl groups is 1. The maximum atomic E-state index is 8.68. The minimum Gasteiger partial charge on any atom is -0.508 e. The van der Waals surface area contributed by atoms with E-state index in [0.717, 1.165) is 0 Å². The Morgan fingerprint density at radius 1 is 1.62 bits per heavy atom. The first-order chi connectivity index (χ1) is 3.81. The zero-order valence-corrected chi connectivity index (χ0v) is 4.96. The van der Waals surface area contributed by atoms with Gasteiger partial charge in [0.25, 0.3) is 0 Å². The molecular weight excluding hydrogens is 100 g/mol. The van der Waals surface area contributed by atoms with Crippen molar-refractivity contribution in [2.75, 3.05) is 0 Å². The van der Waals surface area contributed by atoms with Crippen molar-refractivity contribution < 1.29 is 5.11 Å². The van der Waals surface area contributed by atoms with Crippen molar-refractivity contribution in [3.8, 4) is 0 Å². The number of hydrogen-bond acceptors (Lipinski definition) is 1. The molecule has 0 unspecified atom stereocenters. The van der Waals surface area contributed by atoms with Crippen LogP contribution in [-0.2, 0) is 0 Å². The summed E-state index contributed by atoms with van der Waals surface area (Å²) in [7, 11) is 0. The Bertz CT molecular complexity index is 120. The molecule has 0 saturated carbocycles. The largest absolute Gasteiger partial charge is 0.508 e. The summed E-state index contributed by atoms with van der Waals surface area (Å²) in [6, 6.07) is 0. The van der Waals surface area contributed by atoms with E-state index in [1.165, 1.54) is 6.08 Å². The van der Waals surface area contributed by atoms with Crippen LogP contribution in [0.4, 0.5) is 0 Å². The molecule has 0 bridgehead atoms.